The SMILES string of the molecule is CC1(C)CCCN(C(=O)c2ccc(Br)s2)C1. The first-order valence-electron chi connectivity index (χ1n) is 5.53. The Bertz CT molecular complexity index is 399. The molecule has 2 nitrogen and oxygen atoms in total. The van der Waals surface area contributed by atoms with Gasteiger partial charge in [-0.3, -0.25) is 4.79 Å². The molecule has 2 heterocycles. The average Bonchev–Trinajstić information content (AvgIpc) is 2.62. The summed E-state index contributed by atoms with van der Waals surface area (Å²) in [4.78, 5) is 15.0. The van der Waals surface area contributed by atoms with Crippen molar-refractivity contribution in [3.63, 3.8) is 0 Å². The zero-order valence-corrected chi connectivity index (χ0v) is 12.0. The van der Waals surface area contributed by atoms with Gasteiger partial charge in [0, 0.05) is 13.1 Å². The molecular formula is C12H16BrNOS. The Hall–Kier alpha value is -0.350. The maximum atomic E-state index is 12.2. The van der Waals surface area contributed by atoms with Gasteiger partial charge in [0.05, 0.1) is 8.66 Å². The van der Waals surface area contributed by atoms with Gasteiger partial charge in [-0.25, -0.2) is 0 Å². The van der Waals surface area contributed by atoms with Gasteiger partial charge in [0.1, 0.15) is 0 Å². The first-order valence-corrected chi connectivity index (χ1v) is 7.13. The number of amides is 1. The van der Waals surface area contributed by atoms with E-state index in [9.17, 15) is 4.79 Å². The van der Waals surface area contributed by atoms with Crippen LogP contribution in [0.3, 0.4) is 0 Å². The lowest BCUT2D eigenvalue weighted by Gasteiger charge is -2.37. The van der Waals surface area contributed by atoms with Crippen LogP contribution in [-0.2, 0) is 0 Å². The maximum Gasteiger partial charge on any atom is 0.263 e. The largest absolute Gasteiger partial charge is 0.337 e. The van der Waals surface area contributed by atoms with Gasteiger partial charge in [-0.05, 0) is 46.3 Å². The van der Waals surface area contributed by atoms with Crippen LogP contribution in [0.5, 0.6) is 0 Å². The average molecular weight is 302 g/mol. The van der Waals surface area contributed by atoms with Crippen molar-refractivity contribution in [1.82, 2.24) is 4.90 Å². The Balaban J connectivity index is 2.10. The second-order valence-electron chi connectivity index (χ2n) is 5.10. The molecule has 0 atom stereocenters. The molecule has 4 heteroatoms. The predicted octanol–water partition coefficient (Wildman–Crippen LogP) is 3.77. The maximum absolute atomic E-state index is 12.2. The Labute approximate surface area is 109 Å². The molecule has 0 N–H and O–H groups in total. The van der Waals surface area contributed by atoms with Crippen molar-refractivity contribution in [2.24, 2.45) is 5.41 Å². The number of halogens is 1. The molecular weight excluding hydrogens is 286 g/mol. The summed E-state index contributed by atoms with van der Waals surface area (Å²) < 4.78 is 1.02. The second-order valence-corrected chi connectivity index (χ2v) is 7.56. The van der Waals surface area contributed by atoms with Crippen LogP contribution in [0.1, 0.15) is 36.4 Å². The lowest BCUT2D eigenvalue weighted by molar-refractivity contribution is 0.0588. The van der Waals surface area contributed by atoms with Crippen LogP contribution in [0.15, 0.2) is 15.9 Å². The van der Waals surface area contributed by atoms with Crippen molar-refractivity contribution in [2.75, 3.05) is 13.1 Å². The van der Waals surface area contributed by atoms with Crippen molar-refractivity contribution >= 4 is 33.2 Å². The third kappa shape index (κ3) is 2.66. The Kier molecular flexibility index (Phi) is 3.40. The van der Waals surface area contributed by atoms with E-state index >= 15 is 0 Å². The summed E-state index contributed by atoms with van der Waals surface area (Å²) in [7, 11) is 0. The number of hydrogen-bond donors (Lipinski definition) is 0. The summed E-state index contributed by atoms with van der Waals surface area (Å²) in [6, 6.07) is 3.84. The molecule has 88 valence electrons. The summed E-state index contributed by atoms with van der Waals surface area (Å²) in [5.74, 6) is 0.184. The number of thiophene rings is 1. The van der Waals surface area contributed by atoms with Crippen LogP contribution in [0, 0.1) is 5.41 Å². The zero-order valence-electron chi connectivity index (χ0n) is 9.62. The molecule has 2 rings (SSSR count). The first kappa shape index (κ1) is 12.1. The molecule has 1 aromatic rings. The van der Waals surface area contributed by atoms with Gasteiger partial charge in [0.25, 0.3) is 5.91 Å². The molecule has 1 saturated heterocycles. The van der Waals surface area contributed by atoms with Gasteiger partial charge >= 0.3 is 0 Å². The first-order chi connectivity index (χ1) is 7.48. The molecule has 1 fully saturated rings. The summed E-state index contributed by atoms with van der Waals surface area (Å²) in [5, 5.41) is 0. The summed E-state index contributed by atoms with van der Waals surface area (Å²) in [6.45, 7) is 6.24. The van der Waals surface area contributed by atoms with Crippen LogP contribution in [0.2, 0.25) is 0 Å². The van der Waals surface area contributed by atoms with Gasteiger partial charge < -0.3 is 4.90 Å². The van der Waals surface area contributed by atoms with Crippen molar-refractivity contribution in [2.45, 2.75) is 26.7 Å². The highest BCUT2D eigenvalue weighted by molar-refractivity contribution is 9.11. The van der Waals surface area contributed by atoms with Gasteiger partial charge in [0.15, 0.2) is 0 Å². The monoisotopic (exact) mass is 301 g/mol. The number of carbonyl (C=O) groups excluding carboxylic acids is 1. The molecule has 1 aromatic heterocycles. The summed E-state index contributed by atoms with van der Waals surface area (Å²) in [6.07, 6.45) is 2.33. The Morgan fingerprint density at radius 3 is 2.81 bits per heavy atom. The third-order valence-electron chi connectivity index (χ3n) is 2.97. The molecule has 0 saturated carbocycles. The molecule has 0 aliphatic carbocycles. The topological polar surface area (TPSA) is 20.3 Å². The van der Waals surface area contributed by atoms with Crippen molar-refractivity contribution < 1.29 is 4.79 Å². The van der Waals surface area contributed by atoms with E-state index in [1.165, 1.54) is 17.8 Å². The third-order valence-corrected chi connectivity index (χ3v) is 4.58. The van der Waals surface area contributed by atoms with E-state index in [1.54, 1.807) is 0 Å². The lowest BCUT2D eigenvalue weighted by Crippen LogP contribution is -2.43. The quantitative estimate of drug-likeness (QED) is 0.773. The molecule has 0 spiro atoms. The summed E-state index contributed by atoms with van der Waals surface area (Å²) >= 11 is 4.91. The summed E-state index contributed by atoms with van der Waals surface area (Å²) in [5.41, 5.74) is 0.266. The molecule has 1 aliphatic rings. The van der Waals surface area contributed by atoms with Crippen molar-refractivity contribution in [3.05, 3.63) is 20.8 Å². The minimum Gasteiger partial charge on any atom is -0.337 e. The standard InChI is InChI=1S/C12H16BrNOS/c1-12(2)6-3-7-14(8-12)11(15)9-4-5-10(13)16-9/h4-5H,3,6-8H2,1-2H3. The zero-order chi connectivity index (χ0) is 11.8. The van der Waals surface area contributed by atoms with E-state index in [2.05, 4.69) is 29.8 Å². The highest BCUT2D eigenvalue weighted by atomic mass is 79.9. The normalized spacial score (nSPS) is 19.8. The molecule has 16 heavy (non-hydrogen) atoms. The Morgan fingerprint density at radius 2 is 2.25 bits per heavy atom. The minimum absolute atomic E-state index is 0.184. The smallest absolute Gasteiger partial charge is 0.263 e. The van der Waals surface area contributed by atoms with E-state index in [4.69, 9.17) is 0 Å². The lowest BCUT2D eigenvalue weighted by atomic mass is 9.84. The van der Waals surface area contributed by atoms with Crippen LogP contribution in [-0.4, -0.2) is 23.9 Å². The van der Waals surface area contributed by atoms with E-state index in [0.29, 0.717) is 0 Å². The number of nitrogens with zero attached hydrogens (tertiary/aromatic N) is 1. The molecule has 0 radical (unpaired) electrons. The minimum atomic E-state index is 0.184. The van der Waals surface area contributed by atoms with Crippen LogP contribution in [0.4, 0.5) is 0 Å². The van der Waals surface area contributed by atoms with Gasteiger partial charge in [-0.2, -0.15) is 0 Å². The molecule has 1 amide bonds. The van der Waals surface area contributed by atoms with Crippen LogP contribution < -0.4 is 0 Å². The van der Waals surface area contributed by atoms with Crippen molar-refractivity contribution in [3.8, 4) is 0 Å². The van der Waals surface area contributed by atoms with Crippen molar-refractivity contribution in [1.29, 1.82) is 0 Å². The fourth-order valence-corrected chi connectivity index (χ4v) is 3.54. The number of piperidine rings is 1. The number of hydrogen-bond acceptors (Lipinski definition) is 2. The van der Waals surface area contributed by atoms with E-state index in [1.807, 2.05) is 17.0 Å². The van der Waals surface area contributed by atoms with E-state index in [-0.39, 0.29) is 11.3 Å². The second kappa shape index (κ2) is 4.49. The fraction of sp³-hybridized carbons (Fsp3) is 0.583. The number of rotatable bonds is 1. The molecule has 0 aromatic carbocycles. The molecule has 0 bridgehead atoms. The number of carbonyl (C=O) groups is 1. The molecule has 1 aliphatic heterocycles. The van der Waals surface area contributed by atoms with Crippen LogP contribution in [0.25, 0.3) is 0 Å². The molecule has 0 unspecified atom stereocenters. The highest BCUT2D eigenvalue weighted by Gasteiger charge is 2.29. The highest BCUT2D eigenvalue weighted by Crippen LogP contribution is 2.30. The van der Waals surface area contributed by atoms with E-state index in [0.717, 1.165) is 28.2 Å². The van der Waals surface area contributed by atoms with Gasteiger partial charge in [0.2, 0.25) is 0 Å². The number of likely N-dealkylation sites (tertiary alicyclic amines) is 1. The predicted molar refractivity (Wildman–Crippen MR) is 70.9 cm³/mol. The van der Waals surface area contributed by atoms with Gasteiger partial charge in [-0.15, -0.1) is 11.3 Å². The fourth-order valence-electron chi connectivity index (χ4n) is 2.18. The van der Waals surface area contributed by atoms with Gasteiger partial charge in [-0.1, -0.05) is 13.8 Å². The van der Waals surface area contributed by atoms with Crippen LogP contribution >= 0.6 is 27.3 Å². The van der Waals surface area contributed by atoms with E-state index < -0.39 is 0 Å². The Morgan fingerprint density at radius 1 is 1.50 bits per heavy atom.